The summed E-state index contributed by atoms with van der Waals surface area (Å²) in [6, 6.07) is 10.0. The number of methoxy groups -OCH3 is 1. The molecule has 1 amide bonds. The Bertz CT molecular complexity index is 868. The summed E-state index contributed by atoms with van der Waals surface area (Å²) in [5.74, 6) is -0.936. The molecular formula is C19H18INO5. The summed E-state index contributed by atoms with van der Waals surface area (Å²) in [4.78, 5) is 27.0. The van der Waals surface area contributed by atoms with Crippen LogP contribution in [0.4, 0.5) is 0 Å². The van der Waals surface area contributed by atoms with Crippen molar-refractivity contribution in [3.05, 3.63) is 68.4 Å². The molecule has 0 saturated carbocycles. The van der Waals surface area contributed by atoms with Crippen LogP contribution in [0.15, 0.2) is 52.1 Å². The van der Waals surface area contributed by atoms with Crippen LogP contribution in [-0.4, -0.2) is 42.0 Å². The monoisotopic (exact) mass is 467 g/mol. The molecule has 3 rings (SSSR count). The van der Waals surface area contributed by atoms with E-state index in [1.807, 2.05) is 24.3 Å². The summed E-state index contributed by atoms with van der Waals surface area (Å²) in [6.45, 7) is 2.28. The van der Waals surface area contributed by atoms with E-state index in [1.165, 1.54) is 12.0 Å². The van der Waals surface area contributed by atoms with Gasteiger partial charge in [-0.05, 0) is 59.3 Å². The lowest BCUT2D eigenvalue weighted by Crippen LogP contribution is -2.34. The molecule has 0 bridgehead atoms. The number of benzene rings is 1. The molecule has 2 aromatic rings. The first-order valence-corrected chi connectivity index (χ1v) is 9.11. The molecule has 0 spiro atoms. The molecule has 1 atom stereocenters. The fourth-order valence-corrected chi connectivity index (χ4v) is 3.35. The van der Waals surface area contributed by atoms with Gasteiger partial charge in [0.2, 0.25) is 5.78 Å². The van der Waals surface area contributed by atoms with E-state index in [1.54, 1.807) is 19.1 Å². The molecule has 136 valence electrons. The Balaban J connectivity index is 2.07. The second-order valence-corrected chi connectivity index (χ2v) is 7.19. The predicted molar refractivity (Wildman–Crippen MR) is 103 cm³/mol. The quantitative estimate of drug-likeness (QED) is 0.521. The molecule has 1 aromatic carbocycles. The Hall–Kier alpha value is -2.13. The fourth-order valence-electron chi connectivity index (χ4n) is 2.99. The number of aliphatic hydroxyl groups excluding tert-OH is 1. The Morgan fingerprint density at radius 1 is 1.27 bits per heavy atom. The molecule has 0 aliphatic carbocycles. The minimum absolute atomic E-state index is 0.0293. The lowest BCUT2D eigenvalue weighted by atomic mass is 9.95. The summed E-state index contributed by atoms with van der Waals surface area (Å²) < 4.78 is 11.5. The number of hydrogen-bond acceptors (Lipinski definition) is 5. The van der Waals surface area contributed by atoms with Gasteiger partial charge in [0, 0.05) is 17.2 Å². The maximum atomic E-state index is 13.0. The van der Waals surface area contributed by atoms with Crippen LogP contribution in [0.3, 0.4) is 0 Å². The standard InChI is InChI=1S/C19H18INO5/c1-11-3-8-14(26-11)17(22)15-16(12-4-6-13(20)7-5-12)21(9-10-25-2)19(24)18(15)23/h3-8,16,23H,9-10H2,1-2H3/t16-/m0/s1. The van der Waals surface area contributed by atoms with Gasteiger partial charge in [0.05, 0.1) is 18.2 Å². The largest absolute Gasteiger partial charge is 0.503 e. The van der Waals surface area contributed by atoms with Gasteiger partial charge in [-0.25, -0.2) is 0 Å². The molecule has 1 aliphatic rings. The van der Waals surface area contributed by atoms with Crippen LogP contribution in [0.2, 0.25) is 0 Å². The second-order valence-electron chi connectivity index (χ2n) is 5.95. The van der Waals surface area contributed by atoms with E-state index in [0.29, 0.717) is 12.4 Å². The van der Waals surface area contributed by atoms with Crippen molar-refractivity contribution in [3.8, 4) is 0 Å². The number of hydrogen-bond donors (Lipinski definition) is 1. The van der Waals surface area contributed by atoms with Gasteiger partial charge >= 0.3 is 0 Å². The Labute approximate surface area is 164 Å². The highest BCUT2D eigenvalue weighted by Crippen LogP contribution is 2.39. The Morgan fingerprint density at radius 2 is 1.96 bits per heavy atom. The summed E-state index contributed by atoms with van der Waals surface area (Å²) in [5.41, 5.74) is 0.771. The van der Waals surface area contributed by atoms with E-state index in [9.17, 15) is 14.7 Å². The van der Waals surface area contributed by atoms with Crippen molar-refractivity contribution in [1.82, 2.24) is 4.90 Å². The molecular weight excluding hydrogens is 449 g/mol. The number of rotatable bonds is 6. The molecule has 0 radical (unpaired) electrons. The van der Waals surface area contributed by atoms with Gasteiger partial charge in [0.25, 0.3) is 5.91 Å². The minimum Gasteiger partial charge on any atom is -0.503 e. The van der Waals surface area contributed by atoms with Crippen molar-refractivity contribution in [2.75, 3.05) is 20.3 Å². The van der Waals surface area contributed by atoms with Gasteiger partial charge in [-0.1, -0.05) is 12.1 Å². The Morgan fingerprint density at radius 3 is 2.54 bits per heavy atom. The smallest absolute Gasteiger partial charge is 0.290 e. The zero-order valence-corrected chi connectivity index (χ0v) is 16.5. The van der Waals surface area contributed by atoms with E-state index in [0.717, 1.165) is 9.13 Å². The minimum atomic E-state index is -0.687. The number of aryl methyl sites for hydroxylation is 1. The highest BCUT2D eigenvalue weighted by molar-refractivity contribution is 14.1. The number of carbonyl (C=O) groups is 2. The van der Waals surface area contributed by atoms with Gasteiger partial charge in [-0.3, -0.25) is 9.59 Å². The summed E-state index contributed by atoms with van der Waals surface area (Å²) >= 11 is 2.18. The van der Waals surface area contributed by atoms with Crippen molar-refractivity contribution < 1.29 is 23.8 Å². The maximum Gasteiger partial charge on any atom is 0.290 e. The molecule has 1 aliphatic heterocycles. The number of carbonyl (C=O) groups excluding carboxylic acids is 2. The summed E-state index contributed by atoms with van der Waals surface area (Å²) in [6.07, 6.45) is 0. The van der Waals surface area contributed by atoms with Gasteiger partial charge in [0.1, 0.15) is 5.76 Å². The summed E-state index contributed by atoms with van der Waals surface area (Å²) in [7, 11) is 1.53. The van der Waals surface area contributed by atoms with Gasteiger partial charge in [-0.2, -0.15) is 0 Å². The van der Waals surface area contributed by atoms with Gasteiger partial charge < -0.3 is 19.2 Å². The van der Waals surface area contributed by atoms with Crippen LogP contribution < -0.4 is 0 Å². The number of amides is 1. The van der Waals surface area contributed by atoms with Crippen molar-refractivity contribution in [2.24, 2.45) is 0 Å². The zero-order chi connectivity index (χ0) is 18.8. The van der Waals surface area contributed by atoms with Crippen LogP contribution in [0.1, 0.15) is 27.9 Å². The van der Waals surface area contributed by atoms with Crippen molar-refractivity contribution >= 4 is 34.3 Å². The average molecular weight is 467 g/mol. The number of aliphatic hydroxyl groups is 1. The van der Waals surface area contributed by atoms with Gasteiger partial charge in [0.15, 0.2) is 11.5 Å². The first-order chi connectivity index (χ1) is 12.4. The van der Waals surface area contributed by atoms with Crippen molar-refractivity contribution in [3.63, 3.8) is 0 Å². The van der Waals surface area contributed by atoms with Crippen molar-refractivity contribution in [1.29, 1.82) is 0 Å². The zero-order valence-electron chi connectivity index (χ0n) is 14.4. The highest BCUT2D eigenvalue weighted by atomic mass is 127. The number of Topliss-reactive ketones (excluding diaryl/α,β-unsaturated/α-hetero) is 1. The van der Waals surface area contributed by atoms with E-state index in [2.05, 4.69) is 22.6 Å². The second kappa shape index (κ2) is 7.63. The normalized spacial score (nSPS) is 17.3. The molecule has 0 unspecified atom stereocenters. The number of ether oxygens (including phenoxy) is 1. The third-order valence-corrected chi connectivity index (χ3v) is 4.95. The average Bonchev–Trinajstić information content (AvgIpc) is 3.16. The van der Waals surface area contributed by atoms with Gasteiger partial charge in [-0.15, -0.1) is 0 Å². The van der Waals surface area contributed by atoms with E-state index < -0.39 is 23.5 Å². The van der Waals surface area contributed by atoms with Crippen LogP contribution in [0.25, 0.3) is 0 Å². The van der Waals surface area contributed by atoms with E-state index in [4.69, 9.17) is 9.15 Å². The molecule has 0 fully saturated rings. The van der Waals surface area contributed by atoms with E-state index >= 15 is 0 Å². The Kier molecular flexibility index (Phi) is 5.47. The molecule has 0 saturated heterocycles. The molecule has 7 heteroatoms. The topological polar surface area (TPSA) is 80.0 Å². The fraction of sp³-hybridized carbons (Fsp3) is 0.263. The number of nitrogens with zero attached hydrogens (tertiary/aromatic N) is 1. The lowest BCUT2D eigenvalue weighted by Gasteiger charge is -2.26. The number of ketones is 1. The first kappa shape index (κ1) is 18.7. The van der Waals surface area contributed by atoms with E-state index in [-0.39, 0.29) is 17.9 Å². The summed E-state index contributed by atoms with van der Waals surface area (Å²) in [5, 5.41) is 10.4. The maximum absolute atomic E-state index is 13.0. The highest BCUT2D eigenvalue weighted by Gasteiger charge is 2.44. The molecule has 26 heavy (non-hydrogen) atoms. The SMILES string of the molecule is COCCN1C(=O)C(O)=C(C(=O)c2ccc(C)o2)[C@@H]1c1ccc(I)cc1. The third kappa shape index (κ3) is 3.41. The molecule has 1 aromatic heterocycles. The molecule has 6 nitrogen and oxygen atoms in total. The molecule has 1 N–H and O–H groups in total. The molecule has 2 heterocycles. The predicted octanol–water partition coefficient (Wildman–Crippen LogP) is 3.42. The van der Waals surface area contributed by atoms with Crippen LogP contribution >= 0.6 is 22.6 Å². The van der Waals surface area contributed by atoms with Crippen LogP contribution in [0, 0.1) is 10.5 Å². The first-order valence-electron chi connectivity index (χ1n) is 8.03. The lowest BCUT2D eigenvalue weighted by molar-refractivity contribution is -0.130. The number of halogens is 1. The van der Waals surface area contributed by atoms with Crippen molar-refractivity contribution in [2.45, 2.75) is 13.0 Å². The number of furan rings is 1. The van der Waals surface area contributed by atoms with Crippen LogP contribution in [-0.2, 0) is 9.53 Å². The van der Waals surface area contributed by atoms with Crippen LogP contribution in [0.5, 0.6) is 0 Å². The third-order valence-electron chi connectivity index (χ3n) is 4.23.